The smallest absolute Gasteiger partial charge is 0.193 e. The second kappa shape index (κ2) is 6.88. The molecule has 1 aliphatic heterocycles. The highest BCUT2D eigenvalue weighted by molar-refractivity contribution is 7.92. The molecule has 0 spiro atoms. The Hall–Kier alpha value is -1.60. The van der Waals surface area contributed by atoms with E-state index in [0.29, 0.717) is 26.1 Å². The van der Waals surface area contributed by atoms with Crippen molar-refractivity contribution >= 4 is 21.5 Å². The molecule has 23 heavy (non-hydrogen) atoms. The molecule has 0 saturated carbocycles. The fourth-order valence-electron chi connectivity index (χ4n) is 2.85. The lowest BCUT2D eigenvalue weighted by Crippen LogP contribution is -2.46. The van der Waals surface area contributed by atoms with E-state index in [1.165, 1.54) is 6.26 Å². The Labute approximate surface area is 138 Å². The summed E-state index contributed by atoms with van der Waals surface area (Å²) < 4.78 is 28.8. The number of benzene rings is 1. The van der Waals surface area contributed by atoms with Gasteiger partial charge in [-0.05, 0) is 49.9 Å². The van der Waals surface area contributed by atoms with Gasteiger partial charge in [0, 0.05) is 25.2 Å². The van der Waals surface area contributed by atoms with Gasteiger partial charge in [-0.2, -0.15) is 0 Å². The van der Waals surface area contributed by atoms with Crippen molar-refractivity contribution in [2.24, 2.45) is 10.7 Å². The molecule has 0 unspecified atom stereocenters. The minimum absolute atomic E-state index is 0.152. The highest BCUT2D eigenvalue weighted by atomic mass is 32.2. The highest BCUT2D eigenvalue weighted by Gasteiger charge is 2.42. The van der Waals surface area contributed by atoms with Crippen LogP contribution in [-0.4, -0.2) is 45.1 Å². The minimum atomic E-state index is -3.24. The summed E-state index contributed by atoms with van der Waals surface area (Å²) in [4.78, 5) is 4.29. The summed E-state index contributed by atoms with van der Waals surface area (Å²) in [5.41, 5.74) is 9.03. The largest absolute Gasteiger partial charge is 0.381 e. The van der Waals surface area contributed by atoms with Crippen LogP contribution in [0.5, 0.6) is 0 Å². The third-order valence-corrected chi connectivity index (χ3v) is 6.33. The number of ether oxygens (including phenoxy) is 1. The van der Waals surface area contributed by atoms with Crippen LogP contribution in [0, 0.1) is 13.8 Å². The van der Waals surface area contributed by atoms with E-state index in [1.807, 2.05) is 26.0 Å². The van der Waals surface area contributed by atoms with Gasteiger partial charge in [0.15, 0.2) is 15.8 Å². The molecule has 0 atom stereocenters. The number of aryl methyl sites for hydroxylation is 2. The first kappa shape index (κ1) is 17.7. The average Bonchev–Trinajstić information content (AvgIpc) is 2.44. The van der Waals surface area contributed by atoms with E-state index < -0.39 is 14.6 Å². The van der Waals surface area contributed by atoms with Gasteiger partial charge >= 0.3 is 0 Å². The third-order valence-electron chi connectivity index (χ3n) is 4.22. The molecule has 0 amide bonds. The Morgan fingerprint density at radius 1 is 1.26 bits per heavy atom. The summed E-state index contributed by atoms with van der Waals surface area (Å²) in [6.07, 6.45) is 2.17. The van der Waals surface area contributed by atoms with Crippen LogP contribution in [0.3, 0.4) is 0 Å². The predicted molar refractivity (Wildman–Crippen MR) is 93.7 cm³/mol. The Kier molecular flexibility index (Phi) is 5.31. The van der Waals surface area contributed by atoms with E-state index >= 15 is 0 Å². The summed E-state index contributed by atoms with van der Waals surface area (Å²) in [6, 6.07) is 6.01. The van der Waals surface area contributed by atoms with Gasteiger partial charge in [-0.15, -0.1) is 0 Å². The van der Waals surface area contributed by atoms with E-state index in [9.17, 15) is 8.42 Å². The minimum Gasteiger partial charge on any atom is -0.381 e. The summed E-state index contributed by atoms with van der Waals surface area (Å²) >= 11 is 0. The van der Waals surface area contributed by atoms with Gasteiger partial charge in [-0.1, -0.05) is 6.07 Å². The monoisotopic (exact) mass is 339 g/mol. The molecule has 1 aromatic carbocycles. The lowest BCUT2D eigenvalue weighted by atomic mass is 9.99. The summed E-state index contributed by atoms with van der Waals surface area (Å²) in [7, 11) is -3.24. The highest BCUT2D eigenvalue weighted by Crippen LogP contribution is 2.29. The van der Waals surface area contributed by atoms with Gasteiger partial charge in [0.2, 0.25) is 0 Å². The maximum absolute atomic E-state index is 12.2. The third kappa shape index (κ3) is 4.45. The van der Waals surface area contributed by atoms with Crippen molar-refractivity contribution in [3.63, 3.8) is 0 Å². The molecule has 6 nitrogen and oxygen atoms in total. The van der Waals surface area contributed by atoms with Crippen molar-refractivity contribution in [2.45, 2.75) is 31.4 Å². The fourth-order valence-corrected chi connectivity index (χ4v) is 4.06. The maximum atomic E-state index is 12.2. The molecule has 1 aliphatic rings. The first-order chi connectivity index (χ1) is 10.7. The van der Waals surface area contributed by atoms with Gasteiger partial charge in [0.1, 0.15) is 0 Å². The van der Waals surface area contributed by atoms with Gasteiger partial charge in [0.05, 0.1) is 11.3 Å². The van der Waals surface area contributed by atoms with Crippen LogP contribution in [0.4, 0.5) is 5.69 Å². The Bertz CT molecular complexity index is 672. The van der Waals surface area contributed by atoms with Crippen LogP contribution < -0.4 is 11.1 Å². The number of guanidine groups is 1. The second-order valence-electron chi connectivity index (χ2n) is 6.27. The zero-order valence-corrected chi connectivity index (χ0v) is 14.7. The molecule has 1 fully saturated rings. The number of sulfone groups is 1. The number of hydrogen-bond acceptors (Lipinski definition) is 4. The molecule has 2 rings (SSSR count). The van der Waals surface area contributed by atoms with E-state index in [-0.39, 0.29) is 12.5 Å². The molecule has 7 heteroatoms. The fraction of sp³-hybridized carbons (Fsp3) is 0.562. The SMILES string of the molecule is Cc1cc(C)cc(NC(N)=NCC2(S(C)(=O)=O)CCOCC2)c1. The maximum Gasteiger partial charge on any atom is 0.193 e. The Morgan fingerprint density at radius 2 is 1.83 bits per heavy atom. The molecular formula is C16H25N3O3S. The van der Waals surface area contributed by atoms with Crippen LogP contribution in [0.15, 0.2) is 23.2 Å². The number of nitrogens with zero attached hydrogens (tertiary/aromatic N) is 1. The zero-order chi connectivity index (χ0) is 17.1. The summed E-state index contributed by atoms with van der Waals surface area (Å²) in [5.74, 6) is 0.226. The number of anilines is 1. The number of nitrogens with two attached hydrogens (primary N) is 1. The molecule has 1 saturated heterocycles. The first-order valence-corrected chi connectivity index (χ1v) is 9.54. The van der Waals surface area contributed by atoms with E-state index in [0.717, 1.165) is 16.8 Å². The van der Waals surface area contributed by atoms with E-state index in [1.54, 1.807) is 0 Å². The van der Waals surface area contributed by atoms with Crippen LogP contribution >= 0.6 is 0 Å². The molecule has 0 aliphatic carbocycles. The van der Waals surface area contributed by atoms with Gasteiger partial charge < -0.3 is 15.8 Å². The number of aliphatic imine (C=N–C) groups is 1. The average molecular weight is 339 g/mol. The second-order valence-corrected chi connectivity index (χ2v) is 8.68. The van der Waals surface area contributed by atoms with Crippen molar-refractivity contribution < 1.29 is 13.2 Å². The summed E-state index contributed by atoms with van der Waals surface area (Å²) in [5, 5.41) is 3.03. The van der Waals surface area contributed by atoms with Crippen LogP contribution in [0.1, 0.15) is 24.0 Å². The van der Waals surface area contributed by atoms with Crippen molar-refractivity contribution in [3.8, 4) is 0 Å². The molecular weight excluding hydrogens is 314 g/mol. The van der Waals surface area contributed by atoms with Gasteiger partial charge in [-0.25, -0.2) is 8.42 Å². The van der Waals surface area contributed by atoms with Crippen molar-refractivity contribution in [1.29, 1.82) is 0 Å². The molecule has 0 bridgehead atoms. The van der Waals surface area contributed by atoms with E-state index in [4.69, 9.17) is 10.5 Å². The molecule has 0 aromatic heterocycles. The topological polar surface area (TPSA) is 93.8 Å². The molecule has 128 valence electrons. The molecule has 3 N–H and O–H groups in total. The number of nitrogens with one attached hydrogen (secondary N) is 1. The van der Waals surface area contributed by atoms with Crippen molar-refractivity contribution in [3.05, 3.63) is 29.3 Å². The lowest BCUT2D eigenvalue weighted by Gasteiger charge is -2.34. The van der Waals surface area contributed by atoms with Crippen molar-refractivity contribution in [1.82, 2.24) is 0 Å². The molecule has 0 radical (unpaired) electrons. The standard InChI is InChI=1S/C16H25N3O3S/c1-12-8-13(2)10-14(9-12)19-15(17)18-11-16(23(3,20)21)4-6-22-7-5-16/h8-10H,4-7,11H2,1-3H3,(H3,17,18,19). The normalized spacial score (nSPS) is 18.7. The number of hydrogen-bond donors (Lipinski definition) is 2. The Morgan fingerprint density at radius 3 is 2.35 bits per heavy atom. The molecule has 1 heterocycles. The quantitative estimate of drug-likeness (QED) is 0.642. The first-order valence-electron chi connectivity index (χ1n) is 7.64. The zero-order valence-electron chi connectivity index (χ0n) is 13.9. The molecule has 1 aromatic rings. The van der Waals surface area contributed by atoms with Crippen LogP contribution in [0.25, 0.3) is 0 Å². The van der Waals surface area contributed by atoms with Crippen LogP contribution in [-0.2, 0) is 14.6 Å². The van der Waals surface area contributed by atoms with Gasteiger partial charge in [-0.3, -0.25) is 4.99 Å². The number of rotatable bonds is 4. The van der Waals surface area contributed by atoms with Crippen LogP contribution in [0.2, 0.25) is 0 Å². The van der Waals surface area contributed by atoms with E-state index in [2.05, 4.69) is 16.4 Å². The van der Waals surface area contributed by atoms with Crippen molar-refractivity contribution in [2.75, 3.05) is 31.3 Å². The Balaban J connectivity index is 2.13. The van der Waals surface area contributed by atoms with Gasteiger partial charge in [0.25, 0.3) is 0 Å². The summed E-state index contributed by atoms with van der Waals surface area (Å²) in [6.45, 7) is 5.04. The lowest BCUT2D eigenvalue weighted by molar-refractivity contribution is 0.0768. The predicted octanol–water partition coefficient (Wildman–Crippen LogP) is 1.62.